The number of hydrogen-bond donors (Lipinski definition) is 1. The molecule has 2 atom stereocenters. The number of ether oxygens (including phenoxy) is 1. The van der Waals surface area contributed by atoms with Gasteiger partial charge in [0.05, 0.1) is 6.61 Å². The van der Waals surface area contributed by atoms with Crippen molar-refractivity contribution in [3.63, 3.8) is 0 Å². The van der Waals surface area contributed by atoms with E-state index in [1.807, 2.05) is 4.90 Å². The average Bonchev–Trinajstić information content (AvgIpc) is 2.45. The average molecular weight is 284 g/mol. The lowest BCUT2D eigenvalue weighted by atomic mass is 9.82. The van der Waals surface area contributed by atoms with E-state index in [1.54, 1.807) is 7.11 Å². The fourth-order valence-electron chi connectivity index (χ4n) is 3.26. The van der Waals surface area contributed by atoms with Gasteiger partial charge < -0.3 is 15.4 Å². The highest BCUT2D eigenvalue weighted by atomic mass is 16.5. The van der Waals surface area contributed by atoms with Crippen molar-refractivity contribution in [3.05, 3.63) is 0 Å². The molecular weight excluding hydrogens is 252 g/mol. The number of rotatable bonds is 8. The van der Waals surface area contributed by atoms with Crippen LogP contribution in [-0.2, 0) is 9.53 Å². The van der Waals surface area contributed by atoms with Crippen LogP contribution in [0, 0.1) is 5.92 Å². The fraction of sp³-hybridized carbons (Fsp3) is 0.938. The van der Waals surface area contributed by atoms with Gasteiger partial charge in [-0.05, 0) is 31.6 Å². The van der Waals surface area contributed by atoms with Crippen molar-refractivity contribution < 1.29 is 9.53 Å². The maximum absolute atomic E-state index is 12.6. The summed E-state index contributed by atoms with van der Waals surface area (Å²) in [6, 6.07) is 0.538. The van der Waals surface area contributed by atoms with Crippen LogP contribution in [0.2, 0.25) is 0 Å². The Morgan fingerprint density at radius 2 is 1.95 bits per heavy atom. The highest BCUT2D eigenvalue weighted by Crippen LogP contribution is 2.27. The Morgan fingerprint density at radius 1 is 1.30 bits per heavy atom. The molecule has 0 radical (unpaired) electrons. The van der Waals surface area contributed by atoms with Gasteiger partial charge >= 0.3 is 0 Å². The molecule has 118 valence electrons. The molecule has 0 aromatic rings. The van der Waals surface area contributed by atoms with E-state index < -0.39 is 0 Å². The van der Waals surface area contributed by atoms with E-state index in [2.05, 4.69) is 13.8 Å². The first-order valence-electron chi connectivity index (χ1n) is 8.17. The summed E-state index contributed by atoms with van der Waals surface area (Å²) in [5.74, 6) is 0.633. The standard InChI is InChI=1S/C16H32N2O2/c1-4-14(5-2)18(10-11-20-3)16(19)12-13-8-6-7-9-15(13)17/h13-15H,4-12,17H2,1-3H3. The van der Waals surface area contributed by atoms with Crippen LogP contribution in [-0.4, -0.2) is 43.2 Å². The van der Waals surface area contributed by atoms with Crippen molar-refractivity contribution in [3.8, 4) is 0 Å². The molecule has 1 amide bonds. The molecule has 0 spiro atoms. The molecule has 4 heteroatoms. The van der Waals surface area contributed by atoms with Crippen LogP contribution < -0.4 is 5.73 Å². The minimum absolute atomic E-state index is 0.207. The lowest BCUT2D eigenvalue weighted by Gasteiger charge is -2.34. The molecule has 1 fully saturated rings. The van der Waals surface area contributed by atoms with Crippen LogP contribution in [0.1, 0.15) is 58.8 Å². The highest BCUT2D eigenvalue weighted by Gasteiger charge is 2.28. The van der Waals surface area contributed by atoms with E-state index >= 15 is 0 Å². The summed E-state index contributed by atoms with van der Waals surface area (Å²) in [7, 11) is 1.69. The lowest BCUT2D eigenvalue weighted by molar-refractivity contribution is -0.135. The molecule has 0 saturated heterocycles. The summed E-state index contributed by atoms with van der Waals surface area (Å²) in [5.41, 5.74) is 6.17. The number of nitrogens with two attached hydrogens (primary N) is 1. The molecule has 0 aromatic heterocycles. The third-order valence-electron chi connectivity index (χ3n) is 4.64. The Kier molecular flexibility index (Phi) is 8.15. The number of methoxy groups -OCH3 is 1. The van der Waals surface area contributed by atoms with Crippen LogP contribution in [0.4, 0.5) is 0 Å². The molecule has 20 heavy (non-hydrogen) atoms. The van der Waals surface area contributed by atoms with E-state index in [9.17, 15) is 4.79 Å². The van der Waals surface area contributed by atoms with Crippen molar-refractivity contribution in [1.82, 2.24) is 4.90 Å². The lowest BCUT2D eigenvalue weighted by Crippen LogP contribution is -2.44. The van der Waals surface area contributed by atoms with Crippen molar-refractivity contribution >= 4 is 5.91 Å². The summed E-state index contributed by atoms with van der Waals surface area (Å²) >= 11 is 0. The zero-order chi connectivity index (χ0) is 15.0. The van der Waals surface area contributed by atoms with Gasteiger partial charge in [0.2, 0.25) is 5.91 Å². The van der Waals surface area contributed by atoms with Gasteiger partial charge in [0.15, 0.2) is 0 Å². The Bertz CT molecular complexity index is 280. The molecule has 0 aromatic carbocycles. The molecule has 4 nitrogen and oxygen atoms in total. The predicted molar refractivity (Wildman–Crippen MR) is 82.5 cm³/mol. The SMILES string of the molecule is CCC(CC)N(CCOC)C(=O)CC1CCCCC1N. The summed E-state index contributed by atoms with van der Waals surface area (Å²) in [5, 5.41) is 0. The first-order chi connectivity index (χ1) is 9.63. The Balaban J connectivity index is 2.61. The number of nitrogens with zero attached hydrogens (tertiary/aromatic N) is 1. The molecule has 0 heterocycles. The summed E-state index contributed by atoms with van der Waals surface area (Å²) in [6.45, 7) is 5.60. The molecule has 0 aliphatic heterocycles. The quantitative estimate of drug-likeness (QED) is 0.745. The molecule has 1 aliphatic rings. The van der Waals surface area contributed by atoms with Gasteiger partial charge in [-0.15, -0.1) is 0 Å². The van der Waals surface area contributed by atoms with Gasteiger partial charge in [-0.25, -0.2) is 0 Å². The first-order valence-corrected chi connectivity index (χ1v) is 8.17. The number of amides is 1. The Hall–Kier alpha value is -0.610. The largest absolute Gasteiger partial charge is 0.383 e. The van der Waals surface area contributed by atoms with Crippen LogP contribution in [0.3, 0.4) is 0 Å². The summed E-state index contributed by atoms with van der Waals surface area (Å²) < 4.78 is 5.15. The van der Waals surface area contributed by atoms with Crippen molar-refractivity contribution in [2.45, 2.75) is 70.9 Å². The fourth-order valence-corrected chi connectivity index (χ4v) is 3.26. The van der Waals surface area contributed by atoms with E-state index in [4.69, 9.17) is 10.5 Å². The van der Waals surface area contributed by atoms with Crippen molar-refractivity contribution in [1.29, 1.82) is 0 Å². The second kappa shape index (κ2) is 9.35. The minimum atomic E-state index is 0.207. The molecule has 0 bridgehead atoms. The first kappa shape index (κ1) is 17.4. The van der Waals surface area contributed by atoms with Crippen molar-refractivity contribution in [2.75, 3.05) is 20.3 Å². The second-order valence-electron chi connectivity index (χ2n) is 5.96. The number of hydrogen-bond acceptors (Lipinski definition) is 3. The predicted octanol–water partition coefficient (Wildman–Crippen LogP) is 2.56. The third-order valence-corrected chi connectivity index (χ3v) is 4.64. The minimum Gasteiger partial charge on any atom is -0.383 e. The van der Waals surface area contributed by atoms with E-state index in [0.29, 0.717) is 31.5 Å². The van der Waals surface area contributed by atoms with E-state index in [0.717, 1.165) is 25.7 Å². The third kappa shape index (κ3) is 5.06. The van der Waals surface area contributed by atoms with Crippen LogP contribution in [0.5, 0.6) is 0 Å². The van der Waals surface area contributed by atoms with Gasteiger partial charge in [-0.3, -0.25) is 4.79 Å². The van der Waals surface area contributed by atoms with Gasteiger partial charge in [-0.2, -0.15) is 0 Å². The normalized spacial score (nSPS) is 23.1. The van der Waals surface area contributed by atoms with Crippen LogP contribution >= 0.6 is 0 Å². The van der Waals surface area contributed by atoms with E-state index in [1.165, 1.54) is 12.8 Å². The summed E-state index contributed by atoms with van der Waals surface area (Å²) in [4.78, 5) is 14.7. The van der Waals surface area contributed by atoms with E-state index in [-0.39, 0.29) is 11.9 Å². The molecule has 1 saturated carbocycles. The molecule has 1 rings (SSSR count). The monoisotopic (exact) mass is 284 g/mol. The summed E-state index contributed by atoms with van der Waals surface area (Å²) in [6.07, 6.45) is 7.22. The molecular formula is C16H32N2O2. The molecule has 1 aliphatic carbocycles. The van der Waals surface area contributed by atoms with Gasteiger partial charge in [0.25, 0.3) is 0 Å². The van der Waals surface area contributed by atoms with Crippen LogP contribution in [0.15, 0.2) is 0 Å². The topological polar surface area (TPSA) is 55.6 Å². The highest BCUT2D eigenvalue weighted by molar-refractivity contribution is 5.77. The number of carbonyl (C=O) groups excluding carboxylic acids is 1. The zero-order valence-electron chi connectivity index (χ0n) is 13.4. The van der Waals surface area contributed by atoms with Gasteiger partial charge in [-0.1, -0.05) is 26.7 Å². The maximum Gasteiger partial charge on any atom is 0.223 e. The molecule has 2 unspecified atom stereocenters. The number of carbonyl (C=O) groups is 1. The second-order valence-corrected chi connectivity index (χ2v) is 5.96. The Labute approximate surface area is 124 Å². The zero-order valence-corrected chi connectivity index (χ0v) is 13.4. The smallest absolute Gasteiger partial charge is 0.223 e. The molecule has 2 N–H and O–H groups in total. The van der Waals surface area contributed by atoms with Gasteiger partial charge in [0.1, 0.15) is 0 Å². The van der Waals surface area contributed by atoms with Crippen LogP contribution in [0.25, 0.3) is 0 Å². The van der Waals surface area contributed by atoms with Crippen molar-refractivity contribution in [2.24, 2.45) is 11.7 Å². The Morgan fingerprint density at radius 3 is 2.50 bits per heavy atom. The maximum atomic E-state index is 12.6. The van der Waals surface area contributed by atoms with Gasteiger partial charge in [0, 0.05) is 32.2 Å².